The minimum atomic E-state index is -0.335. The van der Waals surface area contributed by atoms with Crippen molar-refractivity contribution in [2.45, 2.75) is 13.5 Å². The first-order valence-corrected chi connectivity index (χ1v) is 9.90. The zero-order chi connectivity index (χ0) is 19.4. The fraction of sp³-hybridized carbons (Fsp3) is 0.263. The summed E-state index contributed by atoms with van der Waals surface area (Å²) in [6, 6.07) is 10.4. The van der Waals surface area contributed by atoms with E-state index in [1.807, 2.05) is 17.6 Å². The van der Waals surface area contributed by atoms with Gasteiger partial charge in [-0.25, -0.2) is 0 Å². The summed E-state index contributed by atoms with van der Waals surface area (Å²) in [6.45, 7) is 3.47. The van der Waals surface area contributed by atoms with E-state index in [9.17, 15) is 4.79 Å². The monoisotopic (exact) mass is 424 g/mol. The first-order valence-electron chi connectivity index (χ1n) is 8.32. The molecule has 0 saturated carbocycles. The molecule has 0 aliphatic rings. The summed E-state index contributed by atoms with van der Waals surface area (Å²) in [5.74, 6) is 0.380. The molecular formula is C19H18Cl2N2O3S. The van der Waals surface area contributed by atoms with Crippen molar-refractivity contribution >= 4 is 50.7 Å². The van der Waals surface area contributed by atoms with Crippen LogP contribution in [-0.4, -0.2) is 30.8 Å². The SMILES string of the molecule is CCOc1ccc(C(=O)N=c2sc3cc(Cl)cc(Cl)c3n2CCOC)cc1. The molecule has 0 radical (unpaired) electrons. The maximum absolute atomic E-state index is 12.6. The van der Waals surface area contributed by atoms with Crippen LogP contribution in [0, 0.1) is 0 Å². The van der Waals surface area contributed by atoms with Crippen molar-refractivity contribution < 1.29 is 14.3 Å². The smallest absolute Gasteiger partial charge is 0.279 e. The van der Waals surface area contributed by atoms with Crippen LogP contribution in [0.15, 0.2) is 41.4 Å². The highest BCUT2D eigenvalue weighted by atomic mass is 35.5. The van der Waals surface area contributed by atoms with Gasteiger partial charge in [-0.15, -0.1) is 0 Å². The number of amides is 1. The van der Waals surface area contributed by atoms with Gasteiger partial charge in [0.25, 0.3) is 5.91 Å². The predicted octanol–water partition coefficient (Wildman–Crippen LogP) is 4.80. The largest absolute Gasteiger partial charge is 0.494 e. The maximum Gasteiger partial charge on any atom is 0.279 e. The molecule has 0 saturated heterocycles. The molecule has 27 heavy (non-hydrogen) atoms. The molecule has 0 bridgehead atoms. The van der Waals surface area contributed by atoms with Crippen molar-refractivity contribution in [3.8, 4) is 5.75 Å². The Labute approximate surface area is 170 Å². The minimum absolute atomic E-state index is 0.335. The molecule has 0 fully saturated rings. The number of ether oxygens (including phenoxy) is 2. The normalized spacial score (nSPS) is 11.9. The number of hydrogen-bond donors (Lipinski definition) is 0. The van der Waals surface area contributed by atoms with Crippen LogP contribution in [0.25, 0.3) is 10.2 Å². The third-order valence-electron chi connectivity index (χ3n) is 3.82. The molecule has 0 aliphatic carbocycles. The lowest BCUT2D eigenvalue weighted by Crippen LogP contribution is -2.19. The van der Waals surface area contributed by atoms with Gasteiger partial charge in [-0.3, -0.25) is 4.79 Å². The molecule has 5 nitrogen and oxygen atoms in total. The van der Waals surface area contributed by atoms with Crippen molar-refractivity contribution in [1.29, 1.82) is 0 Å². The standard InChI is InChI=1S/C19H18Cl2N2O3S/c1-3-26-14-6-4-12(5-7-14)18(24)22-19-23(8-9-25-2)17-15(21)10-13(20)11-16(17)27-19/h4-7,10-11H,3,8-9H2,1-2H3. The molecule has 0 N–H and O–H groups in total. The van der Waals surface area contributed by atoms with Gasteiger partial charge in [-0.1, -0.05) is 34.5 Å². The molecule has 1 aromatic heterocycles. The van der Waals surface area contributed by atoms with E-state index in [1.54, 1.807) is 37.4 Å². The molecule has 2 aromatic carbocycles. The van der Waals surface area contributed by atoms with Gasteiger partial charge < -0.3 is 14.0 Å². The summed E-state index contributed by atoms with van der Waals surface area (Å²) in [6.07, 6.45) is 0. The number of carbonyl (C=O) groups is 1. The summed E-state index contributed by atoms with van der Waals surface area (Å²) < 4.78 is 13.3. The molecule has 0 spiro atoms. The number of aromatic nitrogens is 1. The van der Waals surface area contributed by atoms with E-state index in [4.69, 9.17) is 32.7 Å². The summed E-state index contributed by atoms with van der Waals surface area (Å²) in [7, 11) is 1.62. The Balaban J connectivity index is 2.05. The van der Waals surface area contributed by atoms with Gasteiger partial charge in [-0.05, 0) is 43.3 Å². The molecule has 1 heterocycles. The summed E-state index contributed by atoms with van der Waals surface area (Å²) in [5.41, 5.74) is 1.28. The number of fused-ring (bicyclic) bond motifs is 1. The average molecular weight is 425 g/mol. The third kappa shape index (κ3) is 4.52. The zero-order valence-electron chi connectivity index (χ0n) is 14.9. The fourth-order valence-corrected chi connectivity index (χ4v) is 4.45. The van der Waals surface area contributed by atoms with E-state index in [-0.39, 0.29) is 5.91 Å². The highest BCUT2D eigenvalue weighted by Gasteiger charge is 2.13. The number of halogens is 2. The number of methoxy groups -OCH3 is 1. The van der Waals surface area contributed by atoms with E-state index in [2.05, 4.69) is 4.99 Å². The summed E-state index contributed by atoms with van der Waals surface area (Å²) in [5, 5.41) is 1.05. The topological polar surface area (TPSA) is 52.8 Å². The summed E-state index contributed by atoms with van der Waals surface area (Å²) in [4.78, 5) is 17.5. The first-order chi connectivity index (χ1) is 13.0. The van der Waals surface area contributed by atoms with Gasteiger partial charge in [-0.2, -0.15) is 4.99 Å². The minimum Gasteiger partial charge on any atom is -0.494 e. The molecule has 3 rings (SSSR count). The quantitative estimate of drug-likeness (QED) is 0.570. The van der Waals surface area contributed by atoms with Crippen LogP contribution in [-0.2, 0) is 11.3 Å². The van der Waals surface area contributed by atoms with E-state index in [0.29, 0.717) is 45.9 Å². The molecule has 3 aromatic rings. The van der Waals surface area contributed by atoms with Crippen LogP contribution in [0.3, 0.4) is 0 Å². The number of benzene rings is 2. The highest BCUT2D eigenvalue weighted by molar-refractivity contribution is 7.16. The van der Waals surface area contributed by atoms with Crippen molar-refractivity contribution in [1.82, 2.24) is 4.57 Å². The van der Waals surface area contributed by atoms with Crippen LogP contribution in [0.2, 0.25) is 10.0 Å². The lowest BCUT2D eigenvalue weighted by atomic mass is 10.2. The Morgan fingerprint density at radius 3 is 2.63 bits per heavy atom. The maximum atomic E-state index is 12.6. The van der Waals surface area contributed by atoms with Crippen LogP contribution >= 0.6 is 34.5 Å². The molecule has 142 valence electrons. The molecule has 0 atom stereocenters. The number of rotatable bonds is 6. The van der Waals surface area contributed by atoms with Gasteiger partial charge in [0.1, 0.15) is 5.75 Å². The Morgan fingerprint density at radius 1 is 1.22 bits per heavy atom. The third-order valence-corrected chi connectivity index (χ3v) is 5.36. The summed E-state index contributed by atoms with van der Waals surface area (Å²) >= 11 is 13.9. The Morgan fingerprint density at radius 2 is 1.96 bits per heavy atom. The van der Waals surface area contributed by atoms with Gasteiger partial charge in [0.2, 0.25) is 0 Å². The van der Waals surface area contributed by atoms with Gasteiger partial charge in [0, 0.05) is 24.2 Å². The van der Waals surface area contributed by atoms with Gasteiger partial charge in [0.15, 0.2) is 4.80 Å². The number of nitrogens with zero attached hydrogens (tertiary/aromatic N) is 2. The van der Waals surface area contributed by atoms with Crippen molar-refractivity contribution in [2.24, 2.45) is 4.99 Å². The number of hydrogen-bond acceptors (Lipinski definition) is 4. The fourth-order valence-electron chi connectivity index (χ4n) is 2.62. The van der Waals surface area contributed by atoms with Crippen LogP contribution in [0.4, 0.5) is 0 Å². The second-order valence-electron chi connectivity index (χ2n) is 5.64. The first kappa shape index (κ1) is 19.9. The van der Waals surface area contributed by atoms with Crippen LogP contribution < -0.4 is 9.54 Å². The van der Waals surface area contributed by atoms with Crippen LogP contribution in [0.5, 0.6) is 5.75 Å². The Kier molecular flexibility index (Phi) is 6.55. The van der Waals surface area contributed by atoms with Crippen molar-refractivity contribution in [3.63, 3.8) is 0 Å². The molecular weight excluding hydrogens is 407 g/mol. The van der Waals surface area contributed by atoms with E-state index >= 15 is 0 Å². The second-order valence-corrected chi connectivity index (χ2v) is 7.49. The van der Waals surface area contributed by atoms with Crippen LogP contribution in [0.1, 0.15) is 17.3 Å². The molecule has 8 heteroatoms. The Hall–Kier alpha value is -1.86. The van der Waals surface area contributed by atoms with E-state index in [0.717, 1.165) is 10.2 Å². The van der Waals surface area contributed by atoms with Gasteiger partial charge in [0.05, 0.1) is 28.5 Å². The predicted molar refractivity (Wildman–Crippen MR) is 109 cm³/mol. The average Bonchev–Trinajstić information content (AvgIpc) is 2.97. The molecule has 0 unspecified atom stereocenters. The molecule has 1 amide bonds. The van der Waals surface area contributed by atoms with Crippen molar-refractivity contribution in [2.75, 3.05) is 20.3 Å². The van der Waals surface area contributed by atoms with E-state index < -0.39 is 0 Å². The van der Waals surface area contributed by atoms with E-state index in [1.165, 1.54) is 11.3 Å². The van der Waals surface area contributed by atoms with Crippen molar-refractivity contribution in [3.05, 3.63) is 56.8 Å². The van der Waals surface area contributed by atoms with Gasteiger partial charge >= 0.3 is 0 Å². The lowest BCUT2D eigenvalue weighted by molar-refractivity contribution is 0.0997. The second kappa shape index (κ2) is 8.89. The number of carbonyl (C=O) groups excluding carboxylic acids is 1. The Bertz CT molecular complexity index is 1030. The lowest BCUT2D eigenvalue weighted by Gasteiger charge is -2.06. The highest BCUT2D eigenvalue weighted by Crippen LogP contribution is 2.29. The zero-order valence-corrected chi connectivity index (χ0v) is 17.2. The molecule has 0 aliphatic heterocycles. The number of thiazole rings is 1.